The van der Waals surface area contributed by atoms with Gasteiger partial charge in [-0.15, -0.1) is 0 Å². The molecule has 3 nitrogen and oxygen atoms in total. The van der Waals surface area contributed by atoms with Gasteiger partial charge in [0.1, 0.15) is 11.6 Å². The predicted molar refractivity (Wildman–Crippen MR) is 85.2 cm³/mol. The monoisotopic (exact) mass is 269 g/mol. The number of aryl methyl sites for hydroxylation is 3. The van der Waals surface area contributed by atoms with Gasteiger partial charge < -0.3 is 5.32 Å². The average molecular weight is 269 g/mol. The third-order valence-corrected chi connectivity index (χ3v) is 3.45. The number of nitrogens with zero attached hydrogens (tertiary/aromatic N) is 2. The molecule has 0 aliphatic carbocycles. The van der Waals surface area contributed by atoms with Crippen molar-refractivity contribution in [1.82, 2.24) is 9.97 Å². The number of benzene rings is 1. The maximum Gasteiger partial charge on any atom is 0.133 e. The fourth-order valence-electron chi connectivity index (χ4n) is 2.30. The molecule has 1 heterocycles. The van der Waals surface area contributed by atoms with Gasteiger partial charge in [0.25, 0.3) is 0 Å². The highest BCUT2D eigenvalue weighted by Crippen LogP contribution is 2.29. The number of rotatable bonds is 4. The van der Waals surface area contributed by atoms with Crippen LogP contribution in [0, 0.1) is 27.7 Å². The zero-order valence-corrected chi connectivity index (χ0v) is 13.0. The molecule has 1 aromatic heterocycles. The lowest BCUT2D eigenvalue weighted by molar-refractivity contribution is 0.947. The minimum Gasteiger partial charge on any atom is -0.370 e. The van der Waals surface area contributed by atoms with E-state index in [2.05, 4.69) is 61.2 Å². The molecule has 0 saturated heterocycles. The Morgan fingerprint density at radius 3 is 2.50 bits per heavy atom. The number of hydrogen-bond donors (Lipinski definition) is 1. The summed E-state index contributed by atoms with van der Waals surface area (Å²) in [7, 11) is 0. The van der Waals surface area contributed by atoms with Crippen molar-refractivity contribution in [3.63, 3.8) is 0 Å². The lowest BCUT2D eigenvalue weighted by Crippen LogP contribution is -2.08. The van der Waals surface area contributed by atoms with Gasteiger partial charge in [-0.2, -0.15) is 0 Å². The smallest absolute Gasteiger partial charge is 0.133 e. The van der Waals surface area contributed by atoms with Gasteiger partial charge in [-0.1, -0.05) is 24.6 Å². The van der Waals surface area contributed by atoms with Crippen LogP contribution in [0.25, 0.3) is 11.3 Å². The van der Waals surface area contributed by atoms with Crippen LogP contribution in [0.4, 0.5) is 5.82 Å². The highest BCUT2D eigenvalue weighted by atomic mass is 15.0. The molecular weight excluding hydrogens is 246 g/mol. The molecule has 0 saturated carbocycles. The molecule has 2 rings (SSSR count). The Bertz CT molecular complexity index is 618. The molecule has 0 amide bonds. The second-order valence-electron chi connectivity index (χ2n) is 5.34. The Morgan fingerprint density at radius 1 is 1.05 bits per heavy atom. The quantitative estimate of drug-likeness (QED) is 0.904. The Kier molecular flexibility index (Phi) is 4.38. The fourth-order valence-corrected chi connectivity index (χ4v) is 2.30. The summed E-state index contributed by atoms with van der Waals surface area (Å²) in [6.07, 6.45) is 1.08. The predicted octanol–water partition coefficient (Wildman–Crippen LogP) is 4.20. The van der Waals surface area contributed by atoms with Crippen LogP contribution >= 0.6 is 0 Å². The molecule has 20 heavy (non-hydrogen) atoms. The van der Waals surface area contributed by atoms with Crippen LogP contribution in [0.5, 0.6) is 0 Å². The Labute approximate surface area is 121 Å². The average Bonchev–Trinajstić information content (AvgIpc) is 2.42. The van der Waals surface area contributed by atoms with E-state index in [0.717, 1.165) is 35.9 Å². The lowest BCUT2D eigenvalue weighted by Gasteiger charge is -2.14. The van der Waals surface area contributed by atoms with Crippen molar-refractivity contribution in [2.75, 3.05) is 11.9 Å². The molecule has 0 spiro atoms. The van der Waals surface area contributed by atoms with Crippen molar-refractivity contribution >= 4 is 5.82 Å². The molecule has 1 aromatic carbocycles. The molecule has 0 aliphatic heterocycles. The van der Waals surface area contributed by atoms with Gasteiger partial charge in [0, 0.05) is 17.7 Å². The Morgan fingerprint density at radius 2 is 1.80 bits per heavy atom. The molecule has 3 heteroatoms. The van der Waals surface area contributed by atoms with Crippen molar-refractivity contribution in [2.24, 2.45) is 0 Å². The normalized spacial score (nSPS) is 10.7. The summed E-state index contributed by atoms with van der Waals surface area (Å²) in [5.41, 5.74) is 5.87. The van der Waals surface area contributed by atoms with Crippen molar-refractivity contribution in [1.29, 1.82) is 0 Å². The summed E-state index contributed by atoms with van der Waals surface area (Å²) in [4.78, 5) is 9.19. The minimum atomic E-state index is 0.810. The van der Waals surface area contributed by atoms with Gasteiger partial charge in [0.15, 0.2) is 0 Å². The Balaban J connectivity index is 2.56. The maximum absolute atomic E-state index is 4.66. The van der Waals surface area contributed by atoms with Crippen molar-refractivity contribution in [3.8, 4) is 11.3 Å². The van der Waals surface area contributed by atoms with E-state index in [9.17, 15) is 0 Å². The zero-order chi connectivity index (χ0) is 14.7. The summed E-state index contributed by atoms with van der Waals surface area (Å²) in [6, 6.07) is 6.49. The third kappa shape index (κ3) is 2.98. The first-order chi connectivity index (χ1) is 9.52. The molecule has 2 aromatic rings. The van der Waals surface area contributed by atoms with Gasteiger partial charge in [-0.25, -0.2) is 9.97 Å². The number of anilines is 1. The molecule has 1 N–H and O–H groups in total. The van der Waals surface area contributed by atoms with Crippen LogP contribution in [0.1, 0.15) is 35.9 Å². The van der Waals surface area contributed by atoms with Gasteiger partial charge in [-0.3, -0.25) is 0 Å². The molecular formula is C17H23N3. The van der Waals surface area contributed by atoms with E-state index >= 15 is 0 Å². The number of aromatic nitrogens is 2. The zero-order valence-electron chi connectivity index (χ0n) is 13.0. The molecule has 0 atom stereocenters. The van der Waals surface area contributed by atoms with Gasteiger partial charge in [0.05, 0.1) is 5.69 Å². The number of hydrogen-bond acceptors (Lipinski definition) is 3. The van der Waals surface area contributed by atoms with E-state index in [1.807, 2.05) is 6.92 Å². The lowest BCUT2D eigenvalue weighted by atomic mass is 9.99. The van der Waals surface area contributed by atoms with E-state index in [4.69, 9.17) is 0 Å². The minimum absolute atomic E-state index is 0.810. The van der Waals surface area contributed by atoms with Crippen LogP contribution in [0.15, 0.2) is 18.2 Å². The van der Waals surface area contributed by atoms with Crippen molar-refractivity contribution in [2.45, 2.75) is 41.0 Å². The summed E-state index contributed by atoms with van der Waals surface area (Å²) >= 11 is 0. The molecule has 0 unspecified atom stereocenters. The van der Waals surface area contributed by atoms with E-state index < -0.39 is 0 Å². The van der Waals surface area contributed by atoms with Crippen molar-refractivity contribution in [3.05, 3.63) is 40.7 Å². The molecule has 0 bridgehead atoms. The van der Waals surface area contributed by atoms with Gasteiger partial charge in [0.2, 0.25) is 0 Å². The topological polar surface area (TPSA) is 37.8 Å². The second-order valence-corrected chi connectivity index (χ2v) is 5.34. The molecule has 106 valence electrons. The maximum atomic E-state index is 4.66. The SMILES string of the molecule is CCCNc1nc(C)nc(-c2cc(C)ccc2C)c1C. The van der Waals surface area contributed by atoms with Gasteiger partial charge in [-0.05, 0) is 45.7 Å². The summed E-state index contributed by atoms with van der Waals surface area (Å²) in [5.74, 6) is 1.76. The van der Waals surface area contributed by atoms with E-state index in [1.165, 1.54) is 16.7 Å². The van der Waals surface area contributed by atoms with Crippen molar-refractivity contribution < 1.29 is 0 Å². The standard InChI is InChI=1S/C17H23N3/c1-6-9-18-17-13(4)16(19-14(5)20-17)15-10-11(2)7-8-12(15)3/h7-8,10H,6,9H2,1-5H3,(H,18,19,20). The second kappa shape index (κ2) is 6.04. The summed E-state index contributed by atoms with van der Waals surface area (Å²) < 4.78 is 0. The first kappa shape index (κ1) is 14.5. The first-order valence-corrected chi connectivity index (χ1v) is 7.19. The van der Waals surface area contributed by atoms with Crippen LogP contribution in [-0.4, -0.2) is 16.5 Å². The fraction of sp³-hybridized carbons (Fsp3) is 0.412. The van der Waals surface area contributed by atoms with Crippen LogP contribution in [0.2, 0.25) is 0 Å². The van der Waals surface area contributed by atoms with E-state index in [1.54, 1.807) is 0 Å². The van der Waals surface area contributed by atoms with E-state index in [0.29, 0.717) is 0 Å². The van der Waals surface area contributed by atoms with Crippen LogP contribution < -0.4 is 5.32 Å². The highest BCUT2D eigenvalue weighted by molar-refractivity contribution is 5.71. The third-order valence-electron chi connectivity index (χ3n) is 3.45. The highest BCUT2D eigenvalue weighted by Gasteiger charge is 2.12. The first-order valence-electron chi connectivity index (χ1n) is 7.19. The van der Waals surface area contributed by atoms with Gasteiger partial charge >= 0.3 is 0 Å². The molecule has 0 fully saturated rings. The van der Waals surface area contributed by atoms with Crippen LogP contribution in [0.3, 0.4) is 0 Å². The molecule has 0 radical (unpaired) electrons. The van der Waals surface area contributed by atoms with E-state index in [-0.39, 0.29) is 0 Å². The number of nitrogens with one attached hydrogen (secondary N) is 1. The largest absolute Gasteiger partial charge is 0.370 e. The Hall–Kier alpha value is -1.90. The summed E-state index contributed by atoms with van der Waals surface area (Å²) in [6.45, 7) is 11.4. The molecule has 0 aliphatic rings. The summed E-state index contributed by atoms with van der Waals surface area (Å²) in [5, 5.41) is 3.40. The van der Waals surface area contributed by atoms with Crippen LogP contribution in [-0.2, 0) is 0 Å².